The molecule has 1 saturated heterocycles. The smallest absolute Gasteiger partial charge is 0.226 e. The molecule has 2 bridgehead atoms. The van der Waals surface area contributed by atoms with E-state index < -0.39 is 0 Å². The maximum Gasteiger partial charge on any atom is 0.226 e. The van der Waals surface area contributed by atoms with Crippen LogP contribution >= 0.6 is 0 Å². The zero-order chi connectivity index (χ0) is 14.8. The minimum absolute atomic E-state index is 0.248. The summed E-state index contributed by atoms with van der Waals surface area (Å²) in [5.41, 5.74) is 6.37. The summed E-state index contributed by atoms with van der Waals surface area (Å²) in [6.07, 6.45) is 8.14. The molecule has 21 heavy (non-hydrogen) atoms. The summed E-state index contributed by atoms with van der Waals surface area (Å²) in [5.74, 6) is 1.87. The molecular formula is C17H31N3O. The van der Waals surface area contributed by atoms with E-state index in [0.717, 1.165) is 45.3 Å². The van der Waals surface area contributed by atoms with E-state index in [2.05, 4.69) is 17.1 Å². The summed E-state index contributed by atoms with van der Waals surface area (Å²) in [4.78, 5) is 15.2. The quantitative estimate of drug-likeness (QED) is 0.833. The summed E-state index contributed by atoms with van der Waals surface area (Å²) in [6.45, 7) is 5.02. The lowest BCUT2D eigenvalue weighted by atomic mass is 9.65. The van der Waals surface area contributed by atoms with Crippen LogP contribution in [0.1, 0.15) is 51.9 Å². The summed E-state index contributed by atoms with van der Waals surface area (Å²) in [6, 6.07) is 0.768. The standard InChI is InChI=1S/C17H31N3O/c1-2-4-15-11-19-7-8-20(15)17(21)14-9-12-5-3-6-13(10-14)16(12)18/h12-16,19H,2-11,18H2,1H3. The largest absolute Gasteiger partial charge is 0.337 e. The highest BCUT2D eigenvalue weighted by molar-refractivity contribution is 5.79. The molecule has 1 amide bonds. The van der Waals surface area contributed by atoms with Crippen LogP contribution < -0.4 is 11.1 Å². The van der Waals surface area contributed by atoms with Crippen molar-refractivity contribution in [2.24, 2.45) is 23.5 Å². The maximum atomic E-state index is 13.0. The second-order valence-corrected chi connectivity index (χ2v) is 7.37. The van der Waals surface area contributed by atoms with Crippen molar-refractivity contribution in [2.45, 2.75) is 64.0 Å². The topological polar surface area (TPSA) is 58.4 Å². The molecule has 2 saturated carbocycles. The van der Waals surface area contributed by atoms with Crippen LogP contribution in [0.15, 0.2) is 0 Å². The predicted octanol–water partition coefficient (Wildman–Crippen LogP) is 1.74. The fraction of sp³-hybridized carbons (Fsp3) is 0.941. The third-order valence-corrected chi connectivity index (χ3v) is 6.02. The van der Waals surface area contributed by atoms with Gasteiger partial charge in [-0.2, -0.15) is 0 Å². The van der Waals surface area contributed by atoms with Gasteiger partial charge in [-0.3, -0.25) is 4.79 Å². The Hall–Kier alpha value is -0.610. The lowest BCUT2D eigenvalue weighted by Crippen LogP contribution is -2.57. The molecule has 120 valence electrons. The molecule has 4 heteroatoms. The van der Waals surface area contributed by atoms with Crippen LogP contribution in [0.5, 0.6) is 0 Å². The number of hydrogen-bond donors (Lipinski definition) is 2. The fourth-order valence-electron chi connectivity index (χ4n) is 4.87. The highest BCUT2D eigenvalue weighted by Gasteiger charge is 2.42. The molecule has 3 rings (SSSR count). The van der Waals surface area contributed by atoms with E-state index in [4.69, 9.17) is 5.73 Å². The molecule has 2 aliphatic carbocycles. The molecule has 3 atom stereocenters. The van der Waals surface area contributed by atoms with Crippen molar-refractivity contribution in [1.82, 2.24) is 10.2 Å². The van der Waals surface area contributed by atoms with Crippen molar-refractivity contribution in [2.75, 3.05) is 19.6 Å². The number of nitrogens with two attached hydrogens (primary N) is 1. The Morgan fingerprint density at radius 2 is 2.00 bits per heavy atom. The SMILES string of the molecule is CCCC1CNCCN1C(=O)C1CC2CCCC(C1)C2N. The maximum absolute atomic E-state index is 13.0. The van der Waals surface area contributed by atoms with Gasteiger partial charge in [0.25, 0.3) is 0 Å². The van der Waals surface area contributed by atoms with E-state index in [1.54, 1.807) is 0 Å². The molecule has 0 aromatic rings. The normalized spacial score (nSPS) is 40.1. The van der Waals surface area contributed by atoms with E-state index in [1.807, 2.05) is 0 Å². The van der Waals surface area contributed by atoms with Gasteiger partial charge in [-0.1, -0.05) is 19.8 Å². The molecule has 4 nitrogen and oxygen atoms in total. The monoisotopic (exact) mass is 293 g/mol. The zero-order valence-electron chi connectivity index (χ0n) is 13.4. The first-order valence-corrected chi connectivity index (χ1v) is 8.97. The second kappa shape index (κ2) is 6.66. The van der Waals surface area contributed by atoms with E-state index in [1.165, 1.54) is 19.3 Å². The van der Waals surface area contributed by atoms with Gasteiger partial charge in [0, 0.05) is 37.6 Å². The number of piperazine rings is 1. The van der Waals surface area contributed by atoms with Gasteiger partial charge in [0.1, 0.15) is 0 Å². The minimum atomic E-state index is 0.248. The van der Waals surface area contributed by atoms with Crippen molar-refractivity contribution in [3.05, 3.63) is 0 Å². The van der Waals surface area contributed by atoms with Crippen LogP contribution in [-0.2, 0) is 4.79 Å². The molecule has 0 radical (unpaired) electrons. The van der Waals surface area contributed by atoms with Gasteiger partial charge in [0.05, 0.1) is 0 Å². The van der Waals surface area contributed by atoms with E-state index in [-0.39, 0.29) is 5.92 Å². The van der Waals surface area contributed by atoms with Gasteiger partial charge >= 0.3 is 0 Å². The Labute approximate surface area is 128 Å². The van der Waals surface area contributed by atoms with E-state index in [0.29, 0.717) is 29.8 Å². The molecule has 1 aliphatic heterocycles. The third kappa shape index (κ3) is 3.11. The summed E-state index contributed by atoms with van der Waals surface area (Å²) >= 11 is 0. The number of hydrogen-bond acceptors (Lipinski definition) is 3. The number of carbonyl (C=O) groups is 1. The Bertz CT molecular complexity index is 357. The predicted molar refractivity (Wildman–Crippen MR) is 84.8 cm³/mol. The average Bonchev–Trinajstić information content (AvgIpc) is 2.47. The Morgan fingerprint density at radius 1 is 1.29 bits per heavy atom. The first-order chi connectivity index (χ1) is 10.2. The van der Waals surface area contributed by atoms with Gasteiger partial charge in [-0.15, -0.1) is 0 Å². The number of fused-ring (bicyclic) bond motifs is 2. The number of rotatable bonds is 3. The first-order valence-electron chi connectivity index (χ1n) is 8.97. The molecule has 0 spiro atoms. The third-order valence-electron chi connectivity index (χ3n) is 6.02. The number of nitrogens with one attached hydrogen (secondary N) is 1. The zero-order valence-corrected chi connectivity index (χ0v) is 13.4. The van der Waals surface area contributed by atoms with Crippen molar-refractivity contribution in [1.29, 1.82) is 0 Å². The van der Waals surface area contributed by atoms with Crippen LogP contribution in [0.2, 0.25) is 0 Å². The highest BCUT2D eigenvalue weighted by Crippen LogP contribution is 2.42. The summed E-state index contributed by atoms with van der Waals surface area (Å²) in [7, 11) is 0. The molecule has 0 aromatic carbocycles. The summed E-state index contributed by atoms with van der Waals surface area (Å²) in [5, 5.41) is 3.44. The van der Waals surface area contributed by atoms with Crippen molar-refractivity contribution < 1.29 is 4.79 Å². The molecule has 1 heterocycles. The Kier molecular flexibility index (Phi) is 4.85. The van der Waals surface area contributed by atoms with E-state index in [9.17, 15) is 4.79 Å². The van der Waals surface area contributed by atoms with Gasteiger partial charge in [-0.05, 0) is 43.9 Å². The number of nitrogens with zero attached hydrogens (tertiary/aromatic N) is 1. The lowest BCUT2D eigenvalue weighted by Gasteiger charge is -2.46. The van der Waals surface area contributed by atoms with Crippen LogP contribution in [-0.4, -0.2) is 42.5 Å². The van der Waals surface area contributed by atoms with Gasteiger partial charge in [-0.25, -0.2) is 0 Å². The van der Waals surface area contributed by atoms with Gasteiger partial charge in [0.15, 0.2) is 0 Å². The van der Waals surface area contributed by atoms with Gasteiger partial charge < -0.3 is 16.0 Å². The van der Waals surface area contributed by atoms with E-state index >= 15 is 0 Å². The highest BCUT2D eigenvalue weighted by atomic mass is 16.2. The van der Waals surface area contributed by atoms with Crippen molar-refractivity contribution in [3.63, 3.8) is 0 Å². The van der Waals surface area contributed by atoms with Crippen LogP contribution in [0.3, 0.4) is 0 Å². The molecule has 0 aromatic heterocycles. The molecule has 3 aliphatic rings. The molecular weight excluding hydrogens is 262 g/mol. The molecule has 3 N–H and O–H groups in total. The summed E-state index contributed by atoms with van der Waals surface area (Å²) < 4.78 is 0. The number of carbonyl (C=O) groups excluding carboxylic acids is 1. The number of amides is 1. The van der Waals surface area contributed by atoms with Crippen molar-refractivity contribution in [3.8, 4) is 0 Å². The average molecular weight is 293 g/mol. The van der Waals surface area contributed by atoms with Crippen molar-refractivity contribution >= 4 is 5.91 Å². The Balaban J connectivity index is 1.66. The molecule has 3 unspecified atom stereocenters. The fourth-order valence-corrected chi connectivity index (χ4v) is 4.87. The second-order valence-electron chi connectivity index (χ2n) is 7.37. The molecule has 3 fully saturated rings. The van der Waals surface area contributed by atoms with Crippen LogP contribution in [0, 0.1) is 17.8 Å². The first kappa shape index (κ1) is 15.3. The van der Waals surface area contributed by atoms with Crippen LogP contribution in [0.25, 0.3) is 0 Å². The minimum Gasteiger partial charge on any atom is -0.337 e. The van der Waals surface area contributed by atoms with Crippen LogP contribution in [0.4, 0.5) is 0 Å². The lowest BCUT2D eigenvalue weighted by molar-refractivity contribution is -0.142. The Morgan fingerprint density at radius 3 is 2.67 bits per heavy atom. The van der Waals surface area contributed by atoms with Gasteiger partial charge in [0.2, 0.25) is 5.91 Å².